The Balaban J connectivity index is 1.28. The van der Waals surface area contributed by atoms with E-state index in [0.717, 1.165) is 72.2 Å². The zero-order valence-electron chi connectivity index (χ0n) is 24.1. The molecular weight excluding hydrogens is 555 g/mol. The molecule has 1 aliphatic heterocycles. The first-order chi connectivity index (χ1) is 20.6. The molecule has 0 spiro atoms. The number of anilines is 2. The van der Waals surface area contributed by atoms with Gasteiger partial charge in [0.15, 0.2) is 0 Å². The molecule has 2 aromatic carbocycles. The average molecular weight is 590 g/mol. The van der Waals surface area contributed by atoms with Crippen molar-refractivity contribution in [2.75, 3.05) is 18.4 Å². The smallest absolute Gasteiger partial charge is 0.361 e. The van der Waals surface area contributed by atoms with E-state index < -0.39 is 11.7 Å². The number of rotatable bonds is 9. The average Bonchev–Trinajstić information content (AvgIpc) is 3.40. The SMILES string of the molecule is Cc1cc(Nc2ccc(CN(C(=O)C=Cc3ccc(C(F)(F)F)cc3)C3CCN(Cc4cc(C)on4)CC3)cc2)ccn1. The van der Waals surface area contributed by atoms with Crippen molar-refractivity contribution in [2.24, 2.45) is 0 Å². The molecule has 1 aliphatic rings. The Bertz CT molecular complexity index is 1540. The summed E-state index contributed by atoms with van der Waals surface area (Å²) in [7, 11) is 0. The van der Waals surface area contributed by atoms with Gasteiger partial charge in [-0.1, -0.05) is 29.4 Å². The third-order valence-electron chi connectivity index (χ3n) is 7.49. The Morgan fingerprint density at radius 1 is 1.02 bits per heavy atom. The number of aryl methyl sites for hydroxylation is 2. The molecule has 1 amide bonds. The van der Waals surface area contributed by atoms with Crippen LogP contribution in [0, 0.1) is 13.8 Å². The first-order valence-corrected chi connectivity index (χ1v) is 14.2. The number of pyridine rings is 1. The lowest BCUT2D eigenvalue weighted by molar-refractivity contribution is -0.137. The summed E-state index contributed by atoms with van der Waals surface area (Å²) < 4.78 is 44.1. The summed E-state index contributed by atoms with van der Waals surface area (Å²) in [4.78, 5) is 22.0. The van der Waals surface area contributed by atoms with Crippen molar-refractivity contribution in [3.8, 4) is 0 Å². The maximum atomic E-state index is 13.6. The summed E-state index contributed by atoms with van der Waals surface area (Å²) in [6.07, 6.45) is 1.95. The Morgan fingerprint density at radius 2 is 1.74 bits per heavy atom. The van der Waals surface area contributed by atoms with Crippen molar-refractivity contribution in [1.29, 1.82) is 0 Å². The number of piperidine rings is 1. The van der Waals surface area contributed by atoms with Gasteiger partial charge in [-0.3, -0.25) is 14.7 Å². The minimum Gasteiger partial charge on any atom is -0.361 e. The molecule has 0 atom stereocenters. The van der Waals surface area contributed by atoms with E-state index in [4.69, 9.17) is 4.52 Å². The topological polar surface area (TPSA) is 74.5 Å². The summed E-state index contributed by atoms with van der Waals surface area (Å²) in [5.41, 5.74) is 4.46. The normalized spacial score (nSPS) is 14.7. The van der Waals surface area contributed by atoms with Crippen LogP contribution in [0.1, 0.15) is 46.7 Å². The number of alkyl halides is 3. The molecule has 0 saturated carbocycles. The number of halogens is 3. The van der Waals surface area contributed by atoms with Crippen molar-refractivity contribution < 1.29 is 22.5 Å². The number of amides is 1. The highest BCUT2D eigenvalue weighted by Crippen LogP contribution is 2.29. The van der Waals surface area contributed by atoms with Gasteiger partial charge in [-0.15, -0.1) is 0 Å². The van der Waals surface area contributed by atoms with Gasteiger partial charge in [0.05, 0.1) is 11.3 Å². The third kappa shape index (κ3) is 8.32. The van der Waals surface area contributed by atoms with Crippen LogP contribution in [0.15, 0.2) is 83.5 Å². The molecule has 0 unspecified atom stereocenters. The molecule has 3 heterocycles. The molecule has 4 aromatic rings. The number of hydrogen-bond donors (Lipinski definition) is 1. The van der Waals surface area contributed by atoms with E-state index >= 15 is 0 Å². The predicted octanol–water partition coefficient (Wildman–Crippen LogP) is 7.16. The van der Waals surface area contributed by atoms with E-state index in [2.05, 4.69) is 20.4 Å². The van der Waals surface area contributed by atoms with Gasteiger partial charge in [-0.25, -0.2) is 0 Å². The van der Waals surface area contributed by atoms with E-state index in [1.165, 1.54) is 18.2 Å². The molecular formula is C33H34F3N5O2. The van der Waals surface area contributed by atoms with Crippen LogP contribution in [0.3, 0.4) is 0 Å². The van der Waals surface area contributed by atoms with Crippen LogP contribution in [-0.2, 0) is 24.1 Å². The van der Waals surface area contributed by atoms with Crippen molar-refractivity contribution >= 4 is 23.4 Å². The molecule has 5 rings (SSSR count). The molecule has 1 fully saturated rings. The van der Waals surface area contributed by atoms with Crippen molar-refractivity contribution in [2.45, 2.75) is 52.0 Å². The van der Waals surface area contributed by atoms with Crippen LogP contribution in [0.4, 0.5) is 24.5 Å². The monoisotopic (exact) mass is 589 g/mol. The van der Waals surface area contributed by atoms with Gasteiger partial charge in [-0.05, 0) is 80.3 Å². The quantitative estimate of drug-likeness (QED) is 0.209. The summed E-state index contributed by atoms with van der Waals surface area (Å²) in [5.74, 6) is 0.596. The number of nitrogens with one attached hydrogen (secondary N) is 1. The van der Waals surface area contributed by atoms with Gasteiger partial charge in [-0.2, -0.15) is 13.2 Å². The molecule has 43 heavy (non-hydrogen) atoms. The number of benzene rings is 2. The van der Waals surface area contributed by atoms with Crippen molar-refractivity contribution in [3.63, 3.8) is 0 Å². The van der Waals surface area contributed by atoms with E-state index in [1.54, 1.807) is 12.3 Å². The summed E-state index contributed by atoms with van der Waals surface area (Å²) in [6.45, 7) is 6.52. The lowest BCUT2D eigenvalue weighted by atomic mass is 10.0. The van der Waals surface area contributed by atoms with Crippen LogP contribution in [-0.4, -0.2) is 45.0 Å². The van der Waals surface area contributed by atoms with E-state index in [0.29, 0.717) is 18.7 Å². The Kier molecular flexibility index (Phi) is 9.25. The molecule has 2 aromatic heterocycles. The van der Waals surface area contributed by atoms with E-state index in [-0.39, 0.29) is 11.9 Å². The number of hydrogen-bond acceptors (Lipinski definition) is 6. The molecule has 0 aliphatic carbocycles. The van der Waals surface area contributed by atoms with Crippen molar-refractivity contribution in [3.05, 3.63) is 113 Å². The van der Waals surface area contributed by atoms with Crippen molar-refractivity contribution in [1.82, 2.24) is 19.9 Å². The van der Waals surface area contributed by atoms with Crippen LogP contribution < -0.4 is 5.32 Å². The highest BCUT2D eigenvalue weighted by molar-refractivity contribution is 5.92. The largest absolute Gasteiger partial charge is 0.416 e. The zero-order chi connectivity index (χ0) is 30.4. The Morgan fingerprint density at radius 3 is 2.37 bits per heavy atom. The second kappa shape index (κ2) is 13.2. The summed E-state index contributed by atoms with van der Waals surface area (Å²) in [6, 6.07) is 18.6. The van der Waals surface area contributed by atoms with Crippen LogP contribution in [0.5, 0.6) is 0 Å². The fraction of sp³-hybridized carbons (Fsp3) is 0.303. The Hall–Kier alpha value is -4.44. The highest BCUT2D eigenvalue weighted by atomic mass is 19.4. The highest BCUT2D eigenvalue weighted by Gasteiger charge is 2.30. The third-order valence-corrected chi connectivity index (χ3v) is 7.49. The molecule has 0 bridgehead atoms. The molecule has 10 heteroatoms. The van der Waals surface area contributed by atoms with Gasteiger partial charge in [0.2, 0.25) is 5.91 Å². The van der Waals surface area contributed by atoms with Gasteiger partial charge in [0.1, 0.15) is 5.76 Å². The fourth-order valence-corrected chi connectivity index (χ4v) is 5.22. The molecule has 7 nitrogen and oxygen atoms in total. The number of carbonyl (C=O) groups excluding carboxylic acids is 1. The minimum atomic E-state index is -4.40. The summed E-state index contributed by atoms with van der Waals surface area (Å²) in [5, 5.41) is 7.47. The lowest BCUT2D eigenvalue weighted by Crippen LogP contribution is -2.46. The Labute approximate surface area is 249 Å². The van der Waals surface area contributed by atoms with Gasteiger partial charge >= 0.3 is 6.18 Å². The predicted molar refractivity (Wildman–Crippen MR) is 159 cm³/mol. The number of carbonyl (C=O) groups is 1. The van der Waals surface area contributed by atoms with E-state index in [1.807, 2.05) is 61.2 Å². The first-order valence-electron chi connectivity index (χ1n) is 14.2. The second-order valence-corrected chi connectivity index (χ2v) is 10.9. The van der Waals surface area contributed by atoms with Gasteiger partial charge < -0.3 is 14.7 Å². The fourth-order valence-electron chi connectivity index (χ4n) is 5.22. The van der Waals surface area contributed by atoms with Crippen LogP contribution in [0.25, 0.3) is 6.08 Å². The van der Waals surface area contributed by atoms with E-state index in [9.17, 15) is 18.0 Å². The molecule has 0 radical (unpaired) electrons. The molecule has 1 N–H and O–H groups in total. The lowest BCUT2D eigenvalue weighted by Gasteiger charge is -2.38. The molecule has 1 saturated heterocycles. The number of likely N-dealkylation sites (tertiary alicyclic amines) is 1. The van der Waals surface area contributed by atoms with Gasteiger partial charge in [0.25, 0.3) is 0 Å². The number of aromatic nitrogens is 2. The number of nitrogens with zero attached hydrogens (tertiary/aromatic N) is 4. The summed E-state index contributed by atoms with van der Waals surface area (Å²) >= 11 is 0. The minimum absolute atomic E-state index is 0.0117. The van der Waals surface area contributed by atoms with Gasteiger partial charge in [0, 0.05) is 67.6 Å². The second-order valence-electron chi connectivity index (χ2n) is 10.9. The maximum Gasteiger partial charge on any atom is 0.416 e. The van der Waals surface area contributed by atoms with Crippen LogP contribution >= 0.6 is 0 Å². The standard InChI is InChI=1S/C33H34F3N5O2/c1-23-19-29(13-16-37-23)38-28-10-5-26(6-11-28)21-41(31-14-17-40(18-15-31)22-30-20-24(2)43-39-30)32(42)12-7-25-3-8-27(9-4-25)33(34,35)36/h3-13,16,19-20,31H,14-15,17-18,21-22H2,1-2H3,(H,37,38). The van der Waals surface area contributed by atoms with Crippen LogP contribution in [0.2, 0.25) is 0 Å². The first kappa shape index (κ1) is 30.0. The zero-order valence-corrected chi connectivity index (χ0v) is 24.1. The maximum absolute atomic E-state index is 13.6. The molecule has 224 valence electrons.